The van der Waals surface area contributed by atoms with Gasteiger partial charge < -0.3 is 14.2 Å². The van der Waals surface area contributed by atoms with E-state index in [0.29, 0.717) is 18.4 Å². The van der Waals surface area contributed by atoms with Gasteiger partial charge in [0.25, 0.3) is 0 Å². The number of hydrogen-bond donors (Lipinski definition) is 0. The van der Waals surface area contributed by atoms with Crippen LogP contribution in [0, 0.1) is 17.8 Å². The molecule has 32 heavy (non-hydrogen) atoms. The van der Waals surface area contributed by atoms with Gasteiger partial charge in [-0.15, -0.1) is 0 Å². The molecule has 0 N–H and O–H groups in total. The van der Waals surface area contributed by atoms with Gasteiger partial charge in [-0.2, -0.15) is 0 Å². The molecule has 3 aromatic carbocycles. The van der Waals surface area contributed by atoms with Crippen molar-refractivity contribution in [1.82, 2.24) is 0 Å². The molecule has 2 saturated heterocycles. The van der Waals surface area contributed by atoms with Crippen molar-refractivity contribution in [3.63, 3.8) is 0 Å². The van der Waals surface area contributed by atoms with Gasteiger partial charge in [0.1, 0.15) is 0 Å². The third kappa shape index (κ3) is 2.17. The molecule has 9 rings (SSSR count). The molecule has 2 heterocycles. The van der Waals surface area contributed by atoms with E-state index in [1.165, 1.54) is 32.7 Å². The lowest BCUT2D eigenvalue weighted by atomic mass is 9.64. The van der Waals surface area contributed by atoms with Crippen LogP contribution in [0.15, 0.2) is 60.7 Å². The molecule has 0 amide bonds. The number of ether oxygens (including phenoxy) is 3. The number of benzene rings is 3. The molecule has 0 spiro atoms. The van der Waals surface area contributed by atoms with Crippen LogP contribution < -0.4 is 0 Å². The van der Waals surface area contributed by atoms with Crippen molar-refractivity contribution in [2.45, 2.75) is 43.2 Å². The molecule has 8 atom stereocenters. The predicted molar refractivity (Wildman–Crippen MR) is 120 cm³/mol. The molecule has 160 valence electrons. The summed E-state index contributed by atoms with van der Waals surface area (Å²) in [7, 11) is 0. The molecule has 0 radical (unpaired) electrons. The smallest absolute Gasteiger partial charge is 0.310 e. The van der Waals surface area contributed by atoms with Gasteiger partial charge in [0.2, 0.25) is 0 Å². The number of fused-ring (bicyclic) bond motifs is 4. The van der Waals surface area contributed by atoms with Gasteiger partial charge in [-0.1, -0.05) is 60.7 Å². The Hall–Kier alpha value is -2.69. The largest absolute Gasteiger partial charge is 0.456 e. The first-order chi connectivity index (χ1) is 15.8. The van der Waals surface area contributed by atoms with Gasteiger partial charge in [0, 0.05) is 11.8 Å². The number of rotatable bonds is 2. The van der Waals surface area contributed by atoms with Gasteiger partial charge in [-0.3, -0.25) is 4.79 Å². The summed E-state index contributed by atoms with van der Waals surface area (Å²) < 4.78 is 18.8. The third-order valence-electron chi connectivity index (χ3n) is 8.66. The standard InChI is InChI=1S/C28H24O4/c29-27(20-12-14-9-10-15(20)11-14)32-26-25-23-18-7-3-1-5-16(18)22(17-6-2-4-8-19(17)23)24(25)21-13-30-28(26)31-21/h1-10,14-15,20-21,24-26,28H,11-13H2/t14-,15+,20-,21?,24?,25?,26-,28?/m1/s1. The average molecular weight is 424 g/mol. The molecular weight excluding hydrogens is 400 g/mol. The van der Waals surface area contributed by atoms with Crippen molar-refractivity contribution in [2.75, 3.05) is 6.61 Å². The molecule has 0 aromatic heterocycles. The third-order valence-corrected chi connectivity index (χ3v) is 8.66. The normalized spacial score (nSPS) is 38.0. The molecule has 6 aliphatic rings. The fourth-order valence-electron chi connectivity index (χ4n) is 7.43. The van der Waals surface area contributed by atoms with Crippen molar-refractivity contribution in [2.24, 2.45) is 17.8 Å². The first-order valence-corrected chi connectivity index (χ1v) is 11.9. The lowest BCUT2D eigenvalue weighted by Crippen LogP contribution is -2.48. The first-order valence-electron chi connectivity index (χ1n) is 11.9. The quantitative estimate of drug-likeness (QED) is 0.328. The molecule has 4 heteroatoms. The van der Waals surface area contributed by atoms with E-state index in [2.05, 4.69) is 60.7 Å². The molecule has 1 saturated carbocycles. The van der Waals surface area contributed by atoms with E-state index in [4.69, 9.17) is 14.2 Å². The predicted octanol–water partition coefficient (Wildman–Crippen LogP) is 5.05. The molecule has 4 unspecified atom stereocenters. The number of carbonyl (C=O) groups is 1. The van der Waals surface area contributed by atoms with E-state index in [-0.39, 0.29) is 29.8 Å². The van der Waals surface area contributed by atoms with Crippen LogP contribution in [0.5, 0.6) is 0 Å². The van der Waals surface area contributed by atoms with Crippen LogP contribution in [0.3, 0.4) is 0 Å². The Morgan fingerprint density at radius 1 is 0.844 bits per heavy atom. The summed E-state index contributed by atoms with van der Waals surface area (Å²) in [5.41, 5.74) is 2.62. The SMILES string of the molecule is O=C(O[C@H]1C2OCC(O2)C2c3c4ccccc4c(c4ccccc34)C21)[C@@H]1C[C@@H]2C=C[C@H]1C2. The highest BCUT2D eigenvalue weighted by atomic mass is 16.7. The van der Waals surface area contributed by atoms with Crippen molar-refractivity contribution in [1.29, 1.82) is 0 Å². The van der Waals surface area contributed by atoms with Crippen molar-refractivity contribution >= 4 is 27.5 Å². The molecular formula is C28H24O4. The van der Waals surface area contributed by atoms with E-state index in [1.54, 1.807) is 0 Å². The zero-order valence-corrected chi connectivity index (χ0v) is 17.6. The minimum absolute atomic E-state index is 0.00269. The second kappa shape index (κ2) is 6.21. The second-order valence-electron chi connectivity index (χ2n) is 10.1. The van der Waals surface area contributed by atoms with E-state index < -0.39 is 12.4 Å². The fraction of sp³-hybridized carbons (Fsp3) is 0.393. The summed E-state index contributed by atoms with van der Waals surface area (Å²) in [5, 5.41) is 5.12. The van der Waals surface area contributed by atoms with Gasteiger partial charge in [0.05, 0.1) is 18.6 Å². The van der Waals surface area contributed by atoms with E-state index in [1.807, 2.05) is 0 Å². The van der Waals surface area contributed by atoms with Crippen molar-refractivity contribution in [3.05, 3.63) is 71.8 Å². The van der Waals surface area contributed by atoms with E-state index in [0.717, 1.165) is 12.8 Å². The minimum Gasteiger partial charge on any atom is -0.456 e. The average Bonchev–Trinajstić information content (AvgIpc) is 3.58. The maximum absolute atomic E-state index is 13.4. The van der Waals surface area contributed by atoms with Gasteiger partial charge in [0.15, 0.2) is 12.4 Å². The van der Waals surface area contributed by atoms with Crippen LogP contribution in [0.1, 0.15) is 35.8 Å². The fourth-order valence-corrected chi connectivity index (χ4v) is 7.43. The Bertz CT molecular complexity index is 1270. The van der Waals surface area contributed by atoms with Crippen molar-refractivity contribution in [3.8, 4) is 0 Å². The number of esters is 1. The molecule has 4 nitrogen and oxygen atoms in total. The second-order valence-corrected chi connectivity index (χ2v) is 10.1. The molecule has 2 aliphatic heterocycles. The number of allylic oxidation sites excluding steroid dienone is 2. The Balaban J connectivity index is 1.30. The van der Waals surface area contributed by atoms with E-state index in [9.17, 15) is 4.79 Å². The zero-order chi connectivity index (χ0) is 21.0. The Labute approximate surface area is 186 Å². The summed E-state index contributed by atoms with van der Waals surface area (Å²) >= 11 is 0. The van der Waals surface area contributed by atoms with Crippen LogP contribution >= 0.6 is 0 Å². The maximum Gasteiger partial charge on any atom is 0.310 e. The molecule has 3 fully saturated rings. The number of hydrogen-bond acceptors (Lipinski definition) is 4. The zero-order valence-electron chi connectivity index (χ0n) is 17.6. The summed E-state index contributed by atoms with van der Waals surface area (Å²) in [6.45, 7) is 0.553. The maximum atomic E-state index is 13.4. The lowest BCUT2D eigenvalue weighted by Gasteiger charge is -2.46. The van der Waals surface area contributed by atoms with Gasteiger partial charge >= 0.3 is 5.97 Å². The molecule has 6 bridgehead atoms. The lowest BCUT2D eigenvalue weighted by molar-refractivity contribution is -0.200. The van der Waals surface area contributed by atoms with Gasteiger partial charge in [-0.25, -0.2) is 0 Å². The number of carbonyl (C=O) groups excluding carboxylic acids is 1. The first kappa shape index (κ1) is 17.8. The summed E-state index contributed by atoms with van der Waals surface area (Å²) in [4.78, 5) is 13.4. The Morgan fingerprint density at radius 2 is 1.50 bits per heavy atom. The summed E-state index contributed by atoms with van der Waals surface area (Å²) in [6.07, 6.45) is 5.58. The van der Waals surface area contributed by atoms with E-state index >= 15 is 0 Å². The van der Waals surface area contributed by atoms with Crippen LogP contribution in [0.2, 0.25) is 0 Å². The van der Waals surface area contributed by atoms with Crippen LogP contribution in [-0.4, -0.2) is 31.1 Å². The minimum atomic E-state index is -0.480. The van der Waals surface area contributed by atoms with Crippen LogP contribution in [0.4, 0.5) is 0 Å². The highest BCUT2D eigenvalue weighted by Crippen LogP contribution is 2.59. The Kier molecular flexibility index (Phi) is 3.46. The van der Waals surface area contributed by atoms with Crippen LogP contribution in [-0.2, 0) is 19.0 Å². The molecule has 4 aliphatic carbocycles. The monoisotopic (exact) mass is 424 g/mol. The van der Waals surface area contributed by atoms with Crippen LogP contribution in [0.25, 0.3) is 21.5 Å². The van der Waals surface area contributed by atoms with Gasteiger partial charge in [-0.05, 0) is 57.3 Å². The van der Waals surface area contributed by atoms with Crippen molar-refractivity contribution < 1.29 is 19.0 Å². The molecule has 3 aromatic rings. The topological polar surface area (TPSA) is 44.8 Å². The highest BCUT2D eigenvalue weighted by Gasteiger charge is 2.57. The summed E-state index contributed by atoms with van der Waals surface area (Å²) in [6, 6.07) is 17.3. The Morgan fingerprint density at radius 3 is 2.09 bits per heavy atom. The highest BCUT2D eigenvalue weighted by molar-refractivity contribution is 6.09. The summed E-state index contributed by atoms with van der Waals surface area (Å²) in [5.74, 6) is 0.980.